The van der Waals surface area contributed by atoms with E-state index in [-0.39, 0.29) is 206 Å². The number of carboxylic acid groups (broad SMARTS) is 4. The Kier molecular flexibility index (Phi) is 133. The van der Waals surface area contributed by atoms with Gasteiger partial charge in [-0.3, -0.25) is 19.2 Å². The molecule has 0 aromatic carbocycles. The Morgan fingerprint density at radius 1 is 0.542 bits per heavy atom. The van der Waals surface area contributed by atoms with Crippen LogP contribution in [0.4, 0.5) is 0 Å². The van der Waals surface area contributed by atoms with Crippen LogP contribution in [0.1, 0.15) is 27.7 Å². The monoisotopic (exact) mass is 460 g/mol. The first-order chi connectivity index (χ1) is 8.84. The first-order valence-electron chi connectivity index (χ1n) is 5.03. The maximum absolute atomic E-state index is 9.00. The number of nitrogens with two attached hydrogens (primary N) is 2. The second-order valence-electron chi connectivity index (χ2n) is 2.65. The molecule has 0 aromatic rings. The summed E-state index contributed by atoms with van der Waals surface area (Å²) in [6.45, 7) is 5.53. The van der Waals surface area contributed by atoms with Crippen molar-refractivity contribution in [3.05, 3.63) is 0 Å². The normalized spacial score (nSPS) is 5.42. The van der Waals surface area contributed by atoms with E-state index in [9.17, 15) is 0 Å². The molecular formula is C10H28K4N2O8. The quantitative estimate of drug-likeness (QED) is 0.215. The number of carbonyl (C=O) groups is 4. The molecule has 8 N–H and O–H groups in total. The fourth-order valence-electron chi connectivity index (χ4n) is 0. The third-order valence-corrected chi connectivity index (χ3v) is 0.167. The van der Waals surface area contributed by atoms with Crippen LogP contribution in [0.15, 0.2) is 0 Å². The molecule has 130 valence electrons. The predicted octanol–water partition coefficient (Wildman–Crippen LogP) is -3.33. The van der Waals surface area contributed by atoms with Gasteiger partial charge in [-0.1, -0.05) is 0 Å². The zero-order chi connectivity index (χ0) is 17.7. The van der Waals surface area contributed by atoms with Gasteiger partial charge < -0.3 is 31.9 Å². The number of hydrogen-bond donors (Lipinski definition) is 6. The van der Waals surface area contributed by atoms with Gasteiger partial charge >= 0.3 is 206 Å². The Labute approximate surface area is 312 Å². The maximum atomic E-state index is 9.00. The molecule has 0 saturated carbocycles. The van der Waals surface area contributed by atoms with Crippen molar-refractivity contribution in [1.82, 2.24) is 0 Å². The van der Waals surface area contributed by atoms with Crippen molar-refractivity contribution in [2.24, 2.45) is 11.5 Å². The summed E-state index contributed by atoms with van der Waals surface area (Å²) in [7, 11) is 0. The Bertz CT molecular complexity index is 205. The Hall–Kier alpha value is 4.35. The molecule has 0 bridgehead atoms. The molecule has 0 radical (unpaired) electrons. The summed E-state index contributed by atoms with van der Waals surface area (Å²) in [4.78, 5) is 36.0. The average Bonchev–Trinajstić information content (AvgIpc) is 2.13. The van der Waals surface area contributed by atoms with Gasteiger partial charge in [-0.15, -0.1) is 0 Å². The van der Waals surface area contributed by atoms with Crippen LogP contribution in [0.5, 0.6) is 0 Å². The van der Waals surface area contributed by atoms with Gasteiger partial charge in [0.1, 0.15) is 0 Å². The van der Waals surface area contributed by atoms with Crippen molar-refractivity contribution in [3.8, 4) is 0 Å². The zero-order valence-electron chi connectivity index (χ0n) is 12.0. The summed E-state index contributed by atoms with van der Waals surface area (Å²) in [5, 5.41) is 29.7. The molecule has 10 nitrogen and oxygen atoms in total. The number of hydrogen-bond acceptors (Lipinski definition) is 6. The molecule has 14 heteroatoms. The predicted molar refractivity (Wildman–Crippen MR) is 99.9 cm³/mol. The van der Waals surface area contributed by atoms with E-state index in [1.807, 2.05) is 0 Å². The summed E-state index contributed by atoms with van der Waals surface area (Å²) in [6.07, 6.45) is 0. The van der Waals surface area contributed by atoms with Crippen molar-refractivity contribution in [1.29, 1.82) is 0 Å². The van der Waals surface area contributed by atoms with E-state index in [1.165, 1.54) is 0 Å². The molecule has 0 saturated heterocycles. The Morgan fingerprint density at radius 3 is 0.583 bits per heavy atom. The topological polar surface area (TPSA) is 201 Å². The average molecular weight is 461 g/mol. The first kappa shape index (κ1) is 56.6. The van der Waals surface area contributed by atoms with Crippen molar-refractivity contribution >= 4 is 229 Å². The molecule has 0 fully saturated rings. The fraction of sp³-hybridized carbons (Fsp3) is 0.600. The molecule has 0 rings (SSSR count). The summed E-state index contributed by atoms with van der Waals surface area (Å²) in [6, 6.07) is 0. The molecule has 0 aromatic heterocycles. The standard InChI is InChI=1S/C2H8N2.4C2H4O2.4K.4H/c3-1-2-4;4*1-2(3)4;;;;;;;;/h1-4H2;4*1H3,(H,3,4);;;;;;;;. The molecule has 24 heavy (non-hydrogen) atoms. The van der Waals surface area contributed by atoms with E-state index in [4.69, 9.17) is 51.1 Å². The minimum atomic E-state index is -0.833. The van der Waals surface area contributed by atoms with Crippen LogP contribution in [-0.4, -0.2) is 263 Å². The third-order valence-electron chi connectivity index (χ3n) is 0.167. The number of carboxylic acids is 4. The molecule has 0 aliphatic rings. The fourth-order valence-corrected chi connectivity index (χ4v) is 0. The summed E-state index contributed by atoms with van der Waals surface area (Å²) >= 11 is 0. The third kappa shape index (κ3) is 592. The second kappa shape index (κ2) is 56.4. The van der Waals surface area contributed by atoms with Crippen LogP contribution in [0, 0.1) is 0 Å². The van der Waals surface area contributed by atoms with Crippen LogP contribution in [0.2, 0.25) is 0 Å². The van der Waals surface area contributed by atoms with Crippen LogP contribution in [0.25, 0.3) is 0 Å². The van der Waals surface area contributed by atoms with Crippen LogP contribution in [0.3, 0.4) is 0 Å². The molecule has 0 aliphatic heterocycles. The number of rotatable bonds is 1. The van der Waals surface area contributed by atoms with Crippen molar-refractivity contribution < 1.29 is 39.6 Å². The van der Waals surface area contributed by atoms with Gasteiger partial charge in [-0.05, 0) is 0 Å². The zero-order valence-corrected chi connectivity index (χ0v) is 12.0. The van der Waals surface area contributed by atoms with Gasteiger partial charge in [0.05, 0.1) is 0 Å². The van der Waals surface area contributed by atoms with Crippen LogP contribution < -0.4 is 11.5 Å². The Morgan fingerprint density at radius 2 is 0.583 bits per heavy atom. The van der Waals surface area contributed by atoms with E-state index in [0.717, 1.165) is 27.7 Å². The van der Waals surface area contributed by atoms with Crippen molar-refractivity contribution in [3.63, 3.8) is 0 Å². The SMILES string of the molecule is CC(=O)O.CC(=O)O.CC(=O)O.CC(=O)O.NCCN.[KH].[KH].[KH].[KH]. The first-order valence-corrected chi connectivity index (χ1v) is 5.03. The molecule has 0 aliphatic carbocycles. The molecule has 0 atom stereocenters. The number of aliphatic carboxylic acids is 4. The van der Waals surface area contributed by atoms with E-state index >= 15 is 0 Å². The van der Waals surface area contributed by atoms with E-state index in [0.29, 0.717) is 13.1 Å². The van der Waals surface area contributed by atoms with Crippen LogP contribution >= 0.6 is 0 Å². The summed E-state index contributed by atoms with van der Waals surface area (Å²) in [5.74, 6) is -3.33. The van der Waals surface area contributed by atoms with Crippen molar-refractivity contribution in [2.75, 3.05) is 13.1 Å². The minimum absolute atomic E-state index is 0. The Balaban J connectivity index is -0.0000000161. The van der Waals surface area contributed by atoms with E-state index in [2.05, 4.69) is 0 Å². The molecule has 0 unspecified atom stereocenters. The van der Waals surface area contributed by atoms with Gasteiger partial charge in [0.15, 0.2) is 0 Å². The van der Waals surface area contributed by atoms with Gasteiger partial charge in [0, 0.05) is 40.8 Å². The van der Waals surface area contributed by atoms with Gasteiger partial charge in [-0.25, -0.2) is 0 Å². The second-order valence-corrected chi connectivity index (χ2v) is 2.65. The molecular weight excluding hydrogens is 433 g/mol. The van der Waals surface area contributed by atoms with E-state index < -0.39 is 23.9 Å². The van der Waals surface area contributed by atoms with E-state index in [1.54, 1.807) is 0 Å². The van der Waals surface area contributed by atoms with Crippen molar-refractivity contribution in [2.45, 2.75) is 27.7 Å². The molecule has 0 heterocycles. The van der Waals surface area contributed by atoms with Gasteiger partial charge in [0.2, 0.25) is 0 Å². The molecule has 0 amide bonds. The summed E-state index contributed by atoms with van der Waals surface area (Å²) in [5.41, 5.74) is 9.81. The summed E-state index contributed by atoms with van der Waals surface area (Å²) < 4.78 is 0. The molecule has 0 spiro atoms. The van der Waals surface area contributed by atoms with Gasteiger partial charge in [-0.2, -0.15) is 0 Å². The van der Waals surface area contributed by atoms with Gasteiger partial charge in [0.25, 0.3) is 23.9 Å². The van der Waals surface area contributed by atoms with Crippen LogP contribution in [-0.2, 0) is 19.2 Å².